The first kappa shape index (κ1) is 22.7. The Morgan fingerprint density at radius 1 is 1.03 bits per heavy atom. The third-order valence-electron chi connectivity index (χ3n) is 5.11. The monoisotopic (exact) mass is 442 g/mol. The second-order valence-corrected chi connectivity index (χ2v) is 8.31. The summed E-state index contributed by atoms with van der Waals surface area (Å²) in [5, 5.41) is 2.78. The van der Waals surface area contributed by atoms with Gasteiger partial charge in [0.05, 0.1) is 6.54 Å². The summed E-state index contributed by atoms with van der Waals surface area (Å²) in [4.78, 5) is 46.4. The number of rotatable bonds is 9. The Morgan fingerprint density at radius 3 is 1.97 bits per heavy atom. The Bertz CT molecular complexity index is 997. The normalized spacial score (nSPS) is 17.7. The van der Waals surface area contributed by atoms with Crippen molar-refractivity contribution in [2.45, 2.75) is 17.6 Å². The van der Waals surface area contributed by atoms with Crippen LogP contribution in [0.2, 0.25) is 0 Å². The van der Waals surface area contributed by atoms with Crippen LogP contribution >= 0.6 is 7.82 Å². The van der Waals surface area contributed by atoms with E-state index in [1.165, 1.54) is 12.2 Å². The average Bonchev–Trinajstić information content (AvgIpc) is 2.99. The van der Waals surface area contributed by atoms with Crippen LogP contribution in [-0.4, -0.2) is 38.8 Å². The van der Waals surface area contributed by atoms with Crippen molar-refractivity contribution in [1.29, 1.82) is 0 Å². The summed E-state index contributed by atoms with van der Waals surface area (Å²) < 4.78 is 16.5. The van der Waals surface area contributed by atoms with Crippen molar-refractivity contribution >= 4 is 19.8 Å². The zero-order chi connectivity index (χ0) is 22.7. The largest absolute Gasteiger partial charge is 0.470 e. The van der Waals surface area contributed by atoms with Crippen LogP contribution in [0.1, 0.15) is 17.5 Å². The minimum Gasteiger partial charge on any atom is -0.315 e. The lowest BCUT2D eigenvalue weighted by atomic mass is 9.82. The third kappa shape index (κ3) is 4.38. The van der Waals surface area contributed by atoms with E-state index in [0.717, 1.165) is 4.90 Å². The lowest BCUT2D eigenvalue weighted by molar-refractivity contribution is -0.132. The number of carbonyl (C=O) groups is 2. The van der Waals surface area contributed by atoms with Crippen LogP contribution < -0.4 is 5.32 Å². The van der Waals surface area contributed by atoms with Gasteiger partial charge in [-0.25, -0.2) is 9.36 Å². The van der Waals surface area contributed by atoms with Crippen molar-refractivity contribution in [1.82, 2.24) is 10.2 Å². The molecule has 1 heterocycles. The van der Waals surface area contributed by atoms with Crippen molar-refractivity contribution < 1.29 is 28.5 Å². The van der Waals surface area contributed by atoms with E-state index in [-0.39, 0.29) is 6.42 Å². The van der Waals surface area contributed by atoms with E-state index in [1.54, 1.807) is 60.7 Å². The Morgan fingerprint density at radius 2 is 1.55 bits per heavy atom. The van der Waals surface area contributed by atoms with E-state index in [1.807, 2.05) is 0 Å². The Balaban J connectivity index is 2.09. The van der Waals surface area contributed by atoms with Crippen molar-refractivity contribution in [3.63, 3.8) is 0 Å². The highest BCUT2D eigenvalue weighted by Crippen LogP contribution is 2.45. The molecule has 2 aromatic carbocycles. The molecule has 1 aliphatic rings. The van der Waals surface area contributed by atoms with Gasteiger partial charge in [0.25, 0.3) is 5.91 Å². The van der Waals surface area contributed by atoms with Gasteiger partial charge in [0.2, 0.25) is 0 Å². The molecule has 8 nitrogen and oxygen atoms in total. The number of benzene rings is 2. The van der Waals surface area contributed by atoms with Crippen LogP contribution in [-0.2, 0) is 19.4 Å². The fourth-order valence-electron chi connectivity index (χ4n) is 3.72. The number of nitrogens with one attached hydrogen (secondary N) is 1. The predicted molar refractivity (Wildman–Crippen MR) is 115 cm³/mol. The highest BCUT2D eigenvalue weighted by Gasteiger charge is 2.55. The van der Waals surface area contributed by atoms with Gasteiger partial charge in [-0.2, -0.15) is 0 Å². The van der Waals surface area contributed by atoms with E-state index in [4.69, 9.17) is 4.52 Å². The van der Waals surface area contributed by atoms with Crippen LogP contribution in [0.15, 0.2) is 86.0 Å². The number of phosphoric acid groups is 1. The fraction of sp³-hybridized carbons (Fsp3) is 0.182. The van der Waals surface area contributed by atoms with Crippen LogP contribution in [0.3, 0.4) is 0 Å². The molecule has 1 atom stereocenters. The van der Waals surface area contributed by atoms with E-state index < -0.39 is 37.4 Å². The smallest absolute Gasteiger partial charge is 0.315 e. The molecule has 3 N–H and O–H groups in total. The highest BCUT2D eigenvalue weighted by atomic mass is 31.2. The first-order valence-electron chi connectivity index (χ1n) is 9.43. The molecule has 1 saturated heterocycles. The zero-order valence-corrected chi connectivity index (χ0v) is 17.6. The molecule has 3 amide bonds. The van der Waals surface area contributed by atoms with E-state index >= 15 is 0 Å². The third-order valence-corrected chi connectivity index (χ3v) is 5.71. The molecule has 0 aromatic heterocycles. The van der Waals surface area contributed by atoms with E-state index in [2.05, 4.69) is 18.5 Å². The maximum absolute atomic E-state index is 13.7. The molecule has 0 spiro atoms. The van der Waals surface area contributed by atoms with E-state index in [0.29, 0.717) is 11.1 Å². The number of imide groups is 1. The molecule has 162 valence electrons. The predicted octanol–water partition coefficient (Wildman–Crippen LogP) is 3.09. The van der Waals surface area contributed by atoms with Gasteiger partial charge in [-0.15, -0.1) is 13.2 Å². The molecule has 0 radical (unpaired) electrons. The van der Waals surface area contributed by atoms with Crippen molar-refractivity contribution in [2.24, 2.45) is 0 Å². The summed E-state index contributed by atoms with van der Waals surface area (Å²) in [7, 11) is -4.97. The van der Waals surface area contributed by atoms with Gasteiger partial charge >= 0.3 is 13.9 Å². The number of phosphoric ester groups is 1. The molecular formula is C22H23N2O6P. The van der Waals surface area contributed by atoms with Gasteiger partial charge in [-0.05, 0) is 11.1 Å². The molecule has 3 rings (SSSR count). The molecule has 1 fully saturated rings. The minimum atomic E-state index is -4.97. The minimum absolute atomic E-state index is 0.0810. The van der Waals surface area contributed by atoms with Gasteiger partial charge in [0, 0.05) is 6.42 Å². The van der Waals surface area contributed by atoms with Crippen LogP contribution in [0.5, 0.6) is 0 Å². The molecule has 0 bridgehead atoms. The number of amides is 3. The molecule has 1 unspecified atom stereocenters. The van der Waals surface area contributed by atoms with E-state index in [9.17, 15) is 23.9 Å². The standard InChI is InChI=1S/C22H23N2O6P/c1-3-15-21(4-2,30-31(27,28)29)16-24-19(25)22(23-20(24)26,17-11-7-5-8-12-17)18-13-9-6-10-14-18/h3-14H,1-2,15-16H2,(H,23,26)(H2,27,28,29). The van der Waals surface area contributed by atoms with Gasteiger partial charge in [-0.1, -0.05) is 72.8 Å². The maximum Gasteiger partial charge on any atom is 0.470 e. The maximum atomic E-state index is 13.7. The number of hydrogen-bond donors (Lipinski definition) is 3. The van der Waals surface area contributed by atoms with Crippen LogP contribution in [0, 0.1) is 0 Å². The van der Waals surface area contributed by atoms with Crippen molar-refractivity contribution in [2.75, 3.05) is 6.54 Å². The quantitative estimate of drug-likeness (QED) is 0.312. The molecule has 9 heteroatoms. The lowest BCUT2D eigenvalue weighted by Crippen LogP contribution is -2.48. The first-order valence-corrected chi connectivity index (χ1v) is 11.0. The number of carbonyl (C=O) groups excluding carboxylic acids is 2. The number of nitrogens with zero attached hydrogens (tertiary/aromatic N) is 1. The number of hydrogen-bond acceptors (Lipinski definition) is 4. The van der Waals surface area contributed by atoms with Crippen molar-refractivity contribution in [3.05, 3.63) is 97.1 Å². The zero-order valence-electron chi connectivity index (χ0n) is 16.7. The van der Waals surface area contributed by atoms with Gasteiger partial charge in [0.1, 0.15) is 5.60 Å². The summed E-state index contributed by atoms with van der Waals surface area (Å²) in [6, 6.07) is 16.8. The second kappa shape index (κ2) is 8.61. The molecular weight excluding hydrogens is 419 g/mol. The molecule has 1 aliphatic heterocycles. The van der Waals surface area contributed by atoms with Crippen LogP contribution in [0.25, 0.3) is 0 Å². The molecule has 2 aromatic rings. The summed E-state index contributed by atoms with van der Waals surface area (Å²) in [6.45, 7) is 6.71. The molecule has 0 saturated carbocycles. The highest BCUT2D eigenvalue weighted by molar-refractivity contribution is 7.46. The SMILES string of the molecule is C=CCC(C=C)(CN1C(=O)NC(c2ccccc2)(c2ccccc2)C1=O)OP(=O)(O)O. The number of urea groups is 1. The second-order valence-electron chi connectivity index (χ2n) is 7.15. The Labute approximate surface area is 180 Å². The first-order chi connectivity index (χ1) is 14.7. The average molecular weight is 442 g/mol. The summed E-state index contributed by atoms with van der Waals surface area (Å²) in [5.74, 6) is -0.598. The molecule has 0 aliphatic carbocycles. The Hall–Kier alpha value is -3.03. The van der Waals surface area contributed by atoms with Gasteiger partial charge in [-0.3, -0.25) is 14.2 Å². The summed E-state index contributed by atoms with van der Waals surface area (Å²) in [5.41, 5.74) is -2.11. The van der Waals surface area contributed by atoms with Gasteiger partial charge in [0.15, 0.2) is 5.54 Å². The molecule has 31 heavy (non-hydrogen) atoms. The fourth-order valence-corrected chi connectivity index (χ4v) is 4.40. The van der Waals surface area contributed by atoms with Crippen molar-refractivity contribution in [3.8, 4) is 0 Å². The van der Waals surface area contributed by atoms with Gasteiger partial charge < -0.3 is 15.1 Å². The summed E-state index contributed by atoms with van der Waals surface area (Å²) in [6.07, 6.45) is 2.46. The summed E-state index contributed by atoms with van der Waals surface area (Å²) >= 11 is 0. The topological polar surface area (TPSA) is 116 Å². The Kier molecular flexibility index (Phi) is 6.29. The van der Waals surface area contributed by atoms with Crippen LogP contribution in [0.4, 0.5) is 4.79 Å². The lowest BCUT2D eigenvalue weighted by Gasteiger charge is -2.33.